The summed E-state index contributed by atoms with van der Waals surface area (Å²) >= 11 is 1.83. The Labute approximate surface area is 196 Å². The topological polar surface area (TPSA) is 24.4 Å². The molecule has 0 saturated heterocycles. The number of hydrogen-bond donors (Lipinski definition) is 1. The summed E-state index contributed by atoms with van der Waals surface area (Å²) in [7, 11) is 0. The number of benzene rings is 3. The van der Waals surface area contributed by atoms with E-state index in [0.29, 0.717) is 11.8 Å². The van der Waals surface area contributed by atoms with E-state index in [4.69, 9.17) is 4.99 Å². The van der Waals surface area contributed by atoms with Crippen LogP contribution in [-0.4, -0.2) is 10.8 Å². The molecule has 3 aromatic rings. The summed E-state index contributed by atoms with van der Waals surface area (Å²) in [5.74, 6) is 1.86. The highest BCUT2D eigenvalue weighted by atomic mass is 32.2. The Morgan fingerprint density at radius 3 is 2.03 bits per heavy atom. The predicted octanol–water partition coefficient (Wildman–Crippen LogP) is 8.27. The Hall–Kier alpha value is -2.78. The van der Waals surface area contributed by atoms with Crippen molar-refractivity contribution in [1.82, 2.24) is 0 Å². The molecule has 0 radical (unpaired) electrons. The van der Waals surface area contributed by atoms with Gasteiger partial charge >= 0.3 is 0 Å². The van der Waals surface area contributed by atoms with Gasteiger partial charge in [-0.1, -0.05) is 107 Å². The number of aliphatic imine (C=N–C) groups is 1. The van der Waals surface area contributed by atoms with Crippen molar-refractivity contribution in [1.29, 1.82) is 0 Å². The monoisotopic (exact) mass is 440 g/mol. The number of nitrogens with zero attached hydrogens (tertiary/aromatic N) is 1. The van der Waals surface area contributed by atoms with Crippen molar-refractivity contribution in [3.8, 4) is 0 Å². The summed E-state index contributed by atoms with van der Waals surface area (Å²) in [6.07, 6.45) is 2.23. The number of hydrogen-bond acceptors (Lipinski definition) is 3. The van der Waals surface area contributed by atoms with E-state index in [-0.39, 0.29) is 6.04 Å². The fraction of sp³-hybridized carbons (Fsp3) is 0.276. The molecule has 4 rings (SSSR count). The number of nitrogens with one attached hydrogen (secondary N) is 1. The van der Waals surface area contributed by atoms with Crippen molar-refractivity contribution in [2.75, 3.05) is 11.1 Å². The average molecular weight is 441 g/mol. The van der Waals surface area contributed by atoms with Gasteiger partial charge in [-0.2, -0.15) is 0 Å². The van der Waals surface area contributed by atoms with Crippen LogP contribution in [-0.2, 0) is 0 Å². The lowest BCUT2D eigenvalue weighted by molar-refractivity contribution is 0.838. The molecule has 1 N–H and O–H groups in total. The Morgan fingerprint density at radius 1 is 0.844 bits per heavy atom. The summed E-state index contributed by atoms with van der Waals surface area (Å²) < 4.78 is 0. The van der Waals surface area contributed by atoms with Crippen LogP contribution in [0, 0.1) is 0 Å². The van der Waals surface area contributed by atoms with Crippen LogP contribution in [0.2, 0.25) is 0 Å². The second kappa shape index (κ2) is 10.2. The van der Waals surface area contributed by atoms with E-state index in [9.17, 15) is 0 Å². The molecular formula is C29H32N2S. The predicted molar refractivity (Wildman–Crippen MR) is 142 cm³/mol. The number of rotatable bonds is 7. The third-order valence-corrected chi connectivity index (χ3v) is 6.84. The van der Waals surface area contributed by atoms with E-state index >= 15 is 0 Å². The largest absolute Gasteiger partial charge is 0.354 e. The van der Waals surface area contributed by atoms with E-state index < -0.39 is 0 Å². The summed E-state index contributed by atoms with van der Waals surface area (Å²) in [5.41, 5.74) is 7.48. The van der Waals surface area contributed by atoms with E-state index in [1.807, 2.05) is 11.8 Å². The molecule has 32 heavy (non-hydrogen) atoms. The summed E-state index contributed by atoms with van der Waals surface area (Å²) in [5, 5.41) is 4.93. The zero-order valence-corrected chi connectivity index (χ0v) is 20.2. The smallest absolute Gasteiger partial charge is 0.0934 e. The van der Waals surface area contributed by atoms with Crippen molar-refractivity contribution >= 4 is 28.2 Å². The van der Waals surface area contributed by atoms with Gasteiger partial charge in [0.25, 0.3) is 0 Å². The molecule has 3 aromatic carbocycles. The van der Waals surface area contributed by atoms with Crippen LogP contribution in [0.15, 0.2) is 89.9 Å². The van der Waals surface area contributed by atoms with Crippen LogP contribution in [0.1, 0.15) is 67.8 Å². The van der Waals surface area contributed by atoms with Crippen LogP contribution < -0.4 is 5.32 Å². The van der Waals surface area contributed by atoms with Gasteiger partial charge in [-0.15, -0.1) is 11.8 Å². The number of thioether (sulfide) groups is 1. The molecular weight excluding hydrogens is 408 g/mol. The van der Waals surface area contributed by atoms with Gasteiger partial charge in [-0.3, -0.25) is 4.99 Å². The first-order chi connectivity index (χ1) is 15.5. The van der Waals surface area contributed by atoms with E-state index in [1.54, 1.807) is 0 Å². The van der Waals surface area contributed by atoms with Crippen molar-refractivity contribution < 1.29 is 0 Å². The average Bonchev–Trinajstić information content (AvgIpc) is 3.28. The molecule has 1 heterocycles. The van der Waals surface area contributed by atoms with Crippen LogP contribution in [0.25, 0.3) is 5.70 Å². The summed E-state index contributed by atoms with van der Waals surface area (Å²) in [6, 6.07) is 28.1. The van der Waals surface area contributed by atoms with Crippen LogP contribution >= 0.6 is 11.8 Å². The van der Waals surface area contributed by atoms with Gasteiger partial charge in [0.2, 0.25) is 0 Å². The molecule has 0 amide bonds. The Kier molecular flexibility index (Phi) is 7.16. The maximum atomic E-state index is 5.04. The zero-order chi connectivity index (χ0) is 22.5. The lowest BCUT2D eigenvalue weighted by Gasteiger charge is -2.22. The number of anilines is 1. The molecule has 164 valence electrons. The van der Waals surface area contributed by atoms with E-state index in [2.05, 4.69) is 118 Å². The minimum absolute atomic E-state index is 0.221. The molecule has 0 aliphatic carbocycles. The lowest BCUT2D eigenvalue weighted by Crippen LogP contribution is -2.08. The standard InChI is InChI=1S/C29H32N2S/c1-20(2)24-16-11-17-25(21(3)4)29(24)31-26(22-12-7-5-8-13-22)18-28-30-27(19-32-28)23-14-9-6-10-15-23/h5-18,20-21,27,31H,19H2,1-4H3. The van der Waals surface area contributed by atoms with Gasteiger partial charge in [-0.25, -0.2) is 0 Å². The molecule has 0 aromatic heterocycles. The minimum atomic E-state index is 0.221. The fourth-order valence-corrected chi connectivity index (χ4v) is 5.08. The second-order valence-electron chi connectivity index (χ2n) is 8.87. The Balaban J connectivity index is 1.74. The van der Waals surface area contributed by atoms with Gasteiger partial charge in [0, 0.05) is 17.1 Å². The third kappa shape index (κ3) is 5.16. The van der Waals surface area contributed by atoms with Crippen molar-refractivity contribution in [3.05, 3.63) is 107 Å². The summed E-state index contributed by atoms with van der Waals surface area (Å²) in [6.45, 7) is 9.05. The first-order valence-electron chi connectivity index (χ1n) is 11.5. The van der Waals surface area contributed by atoms with Gasteiger partial charge in [-0.05, 0) is 40.2 Å². The van der Waals surface area contributed by atoms with E-state index in [1.165, 1.54) is 27.9 Å². The molecule has 1 aliphatic heterocycles. The highest BCUT2D eigenvalue weighted by Crippen LogP contribution is 2.36. The van der Waals surface area contributed by atoms with Crippen molar-refractivity contribution in [3.63, 3.8) is 0 Å². The SMILES string of the molecule is CC(C)c1cccc(C(C)C)c1NC(=CC1=NC(c2ccccc2)CS1)c1ccccc1. The summed E-state index contributed by atoms with van der Waals surface area (Å²) in [4.78, 5) is 5.04. The highest BCUT2D eigenvalue weighted by molar-refractivity contribution is 8.14. The maximum absolute atomic E-state index is 5.04. The van der Waals surface area contributed by atoms with Crippen LogP contribution in [0.5, 0.6) is 0 Å². The van der Waals surface area contributed by atoms with Gasteiger partial charge in [0.05, 0.1) is 11.1 Å². The molecule has 0 spiro atoms. The fourth-order valence-electron chi connectivity index (χ4n) is 4.08. The van der Waals surface area contributed by atoms with Gasteiger partial charge < -0.3 is 5.32 Å². The second-order valence-corrected chi connectivity index (χ2v) is 9.92. The molecule has 0 fully saturated rings. The first-order valence-corrected chi connectivity index (χ1v) is 12.4. The first kappa shape index (κ1) is 22.4. The Morgan fingerprint density at radius 2 is 1.44 bits per heavy atom. The highest BCUT2D eigenvalue weighted by Gasteiger charge is 2.20. The van der Waals surface area contributed by atoms with Crippen molar-refractivity contribution in [2.24, 2.45) is 4.99 Å². The maximum Gasteiger partial charge on any atom is 0.0934 e. The third-order valence-electron chi connectivity index (χ3n) is 5.84. The van der Waals surface area contributed by atoms with Crippen molar-refractivity contribution in [2.45, 2.75) is 45.6 Å². The van der Waals surface area contributed by atoms with Crippen LogP contribution in [0.3, 0.4) is 0 Å². The van der Waals surface area contributed by atoms with Gasteiger partial charge in [0.15, 0.2) is 0 Å². The molecule has 0 saturated carbocycles. The van der Waals surface area contributed by atoms with E-state index in [0.717, 1.165) is 16.5 Å². The molecule has 0 bridgehead atoms. The molecule has 1 aliphatic rings. The molecule has 3 heteroatoms. The number of para-hydroxylation sites is 1. The zero-order valence-electron chi connectivity index (χ0n) is 19.4. The molecule has 2 nitrogen and oxygen atoms in total. The normalized spacial score (nSPS) is 16.5. The van der Waals surface area contributed by atoms with Crippen LogP contribution in [0.4, 0.5) is 5.69 Å². The van der Waals surface area contributed by atoms with Gasteiger partial charge in [0.1, 0.15) is 0 Å². The lowest BCUT2D eigenvalue weighted by atomic mass is 9.92. The molecule has 1 atom stereocenters. The quantitative estimate of drug-likeness (QED) is 0.400. The minimum Gasteiger partial charge on any atom is -0.354 e. The molecule has 1 unspecified atom stereocenters. The Bertz CT molecular complexity index is 1070.